The third-order valence-electron chi connectivity index (χ3n) is 4.59. The van der Waals surface area contributed by atoms with E-state index in [0.29, 0.717) is 30.8 Å². The number of ether oxygens (including phenoxy) is 2. The Morgan fingerprint density at radius 1 is 1.31 bits per heavy atom. The topological polar surface area (TPSA) is 88.3 Å². The van der Waals surface area contributed by atoms with Crippen molar-refractivity contribution in [2.75, 3.05) is 20.3 Å². The van der Waals surface area contributed by atoms with Crippen LogP contribution in [0.15, 0.2) is 22.7 Å². The van der Waals surface area contributed by atoms with Gasteiger partial charge in [-0.1, -0.05) is 18.5 Å². The summed E-state index contributed by atoms with van der Waals surface area (Å²) >= 11 is 0. The number of fused-ring (bicyclic) bond motifs is 1. The van der Waals surface area contributed by atoms with Gasteiger partial charge in [-0.25, -0.2) is 0 Å². The SMILES string of the molecule is CCC[C@@H](CN)COc1ccc(OC)c2c1cc(-c1nc(C)no1)n2C. The molecule has 0 aliphatic rings. The smallest absolute Gasteiger partial charge is 0.274 e. The Hall–Kier alpha value is -2.54. The van der Waals surface area contributed by atoms with Crippen LogP contribution in [-0.2, 0) is 7.05 Å². The van der Waals surface area contributed by atoms with Gasteiger partial charge in [0.1, 0.15) is 17.2 Å². The van der Waals surface area contributed by atoms with Crippen LogP contribution >= 0.6 is 0 Å². The van der Waals surface area contributed by atoms with Crippen LogP contribution < -0.4 is 15.2 Å². The van der Waals surface area contributed by atoms with Crippen LogP contribution in [0.5, 0.6) is 11.5 Å². The zero-order valence-electron chi connectivity index (χ0n) is 15.8. The molecule has 0 saturated heterocycles. The molecule has 2 aromatic heterocycles. The predicted molar refractivity (Wildman–Crippen MR) is 100 cm³/mol. The Balaban J connectivity index is 2.02. The van der Waals surface area contributed by atoms with Crippen LogP contribution in [0.25, 0.3) is 22.5 Å². The monoisotopic (exact) mass is 358 g/mol. The maximum absolute atomic E-state index is 6.12. The first-order valence-electron chi connectivity index (χ1n) is 8.89. The minimum absolute atomic E-state index is 0.346. The van der Waals surface area contributed by atoms with Crippen molar-refractivity contribution in [3.8, 4) is 23.1 Å². The summed E-state index contributed by atoms with van der Waals surface area (Å²) in [5.41, 5.74) is 7.60. The van der Waals surface area contributed by atoms with Gasteiger partial charge in [0.2, 0.25) is 0 Å². The summed E-state index contributed by atoms with van der Waals surface area (Å²) < 4.78 is 19.0. The standard InChI is InChI=1S/C19H26N4O3/c1-5-6-13(10-20)11-25-16-7-8-17(24-4)18-14(16)9-15(23(18)3)19-21-12(2)22-26-19/h7-9,13H,5-6,10-11,20H2,1-4H3/t13-/m0/s1. The number of hydrogen-bond donors (Lipinski definition) is 1. The van der Waals surface area contributed by atoms with Crippen molar-refractivity contribution in [3.05, 3.63) is 24.0 Å². The first kappa shape index (κ1) is 18.3. The summed E-state index contributed by atoms with van der Waals surface area (Å²) in [6.45, 7) is 5.17. The van der Waals surface area contributed by atoms with Gasteiger partial charge in [-0.15, -0.1) is 0 Å². The van der Waals surface area contributed by atoms with Crippen molar-refractivity contribution < 1.29 is 14.0 Å². The molecule has 3 aromatic rings. The Labute approximate surface area is 153 Å². The Morgan fingerprint density at radius 3 is 2.69 bits per heavy atom. The van der Waals surface area contributed by atoms with E-state index in [9.17, 15) is 0 Å². The fourth-order valence-electron chi connectivity index (χ4n) is 3.19. The minimum atomic E-state index is 0.346. The normalized spacial score (nSPS) is 12.5. The highest BCUT2D eigenvalue weighted by Crippen LogP contribution is 2.38. The molecule has 140 valence electrons. The van der Waals surface area contributed by atoms with E-state index in [4.69, 9.17) is 19.7 Å². The van der Waals surface area contributed by atoms with Gasteiger partial charge in [-0.2, -0.15) is 4.98 Å². The van der Waals surface area contributed by atoms with E-state index >= 15 is 0 Å². The summed E-state index contributed by atoms with van der Waals surface area (Å²) in [5, 5.41) is 4.83. The minimum Gasteiger partial charge on any atom is -0.495 e. The summed E-state index contributed by atoms with van der Waals surface area (Å²) in [7, 11) is 3.60. The molecule has 0 amide bonds. The van der Waals surface area contributed by atoms with Crippen LogP contribution in [0.1, 0.15) is 25.6 Å². The molecule has 2 N–H and O–H groups in total. The second-order valence-corrected chi connectivity index (χ2v) is 6.46. The molecule has 0 aliphatic heterocycles. The van der Waals surface area contributed by atoms with Gasteiger partial charge in [0.05, 0.1) is 19.2 Å². The fourth-order valence-corrected chi connectivity index (χ4v) is 3.19. The summed E-state index contributed by atoms with van der Waals surface area (Å²) in [6.07, 6.45) is 2.15. The second kappa shape index (κ2) is 7.78. The van der Waals surface area contributed by atoms with Gasteiger partial charge in [0, 0.05) is 18.4 Å². The van der Waals surface area contributed by atoms with Crippen LogP contribution in [0, 0.1) is 12.8 Å². The molecule has 3 rings (SSSR count). The van der Waals surface area contributed by atoms with E-state index in [2.05, 4.69) is 17.1 Å². The largest absolute Gasteiger partial charge is 0.495 e. The zero-order chi connectivity index (χ0) is 18.7. The van der Waals surface area contributed by atoms with Crippen LogP contribution in [-0.4, -0.2) is 35.0 Å². The van der Waals surface area contributed by atoms with Gasteiger partial charge >= 0.3 is 0 Å². The van der Waals surface area contributed by atoms with E-state index in [1.807, 2.05) is 29.8 Å². The maximum atomic E-state index is 6.12. The van der Waals surface area contributed by atoms with Crippen molar-refractivity contribution in [2.24, 2.45) is 18.7 Å². The molecule has 0 spiro atoms. The molecular formula is C19H26N4O3. The van der Waals surface area contributed by atoms with Crippen molar-refractivity contribution >= 4 is 10.9 Å². The van der Waals surface area contributed by atoms with Gasteiger partial charge in [0.15, 0.2) is 5.82 Å². The number of benzene rings is 1. The molecular weight excluding hydrogens is 332 g/mol. The molecule has 0 fully saturated rings. The number of methoxy groups -OCH3 is 1. The van der Waals surface area contributed by atoms with Crippen molar-refractivity contribution in [3.63, 3.8) is 0 Å². The third-order valence-corrected chi connectivity index (χ3v) is 4.59. The summed E-state index contributed by atoms with van der Waals surface area (Å²) in [5.74, 6) is 2.98. The van der Waals surface area contributed by atoms with E-state index in [1.165, 1.54) is 0 Å². The van der Waals surface area contributed by atoms with Crippen LogP contribution in [0.3, 0.4) is 0 Å². The Morgan fingerprint density at radius 2 is 2.08 bits per heavy atom. The average molecular weight is 358 g/mol. The van der Waals surface area contributed by atoms with Crippen LogP contribution in [0.2, 0.25) is 0 Å². The van der Waals surface area contributed by atoms with Crippen LogP contribution in [0.4, 0.5) is 0 Å². The Bertz CT molecular complexity index is 884. The summed E-state index contributed by atoms with van der Waals surface area (Å²) in [4.78, 5) is 4.34. The molecule has 7 nitrogen and oxygen atoms in total. The first-order valence-corrected chi connectivity index (χ1v) is 8.89. The highest BCUT2D eigenvalue weighted by atomic mass is 16.5. The number of nitrogens with zero attached hydrogens (tertiary/aromatic N) is 3. The lowest BCUT2D eigenvalue weighted by Gasteiger charge is -2.16. The molecule has 0 radical (unpaired) electrons. The third kappa shape index (κ3) is 3.39. The van der Waals surface area contributed by atoms with Gasteiger partial charge in [0.25, 0.3) is 5.89 Å². The first-order chi connectivity index (χ1) is 12.6. The van der Waals surface area contributed by atoms with E-state index in [1.54, 1.807) is 14.0 Å². The molecule has 7 heteroatoms. The van der Waals surface area contributed by atoms with Gasteiger partial charge in [-0.3, -0.25) is 0 Å². The average Bonchev–Trinajstić information content (AvgIpc) is 3.22. The lowest BCUT2D eigenvalue weighted by molar-refractivity contribution is 0.246. The van der Waals surface area contributed by atoms with Crippen molar-refractivity contribution in [1.82, 2.24) is 14.7 Å². The quantitative estimate of drug-likeness (QED) is 0.665. The number of hydrogen-bond acceptors (Lipinski definition) is 6. The number of aryl methyl sites for hydroxylation is 2. The lowest BCUT2D eigenvalue weighted by Crippen LogP contribution is -2.21. The highest BCUT2D eigenvalue weighted by molar-refractivity contribution is 5.95. The zero-order valence-corrected chi connectivity index (χ0v) is 15.8. The molecule has 0 saturated carbocycles. The van der Waals surface area contributed by atoms with E-state index < -0.39 is 0 Å². The highest BCUT2D eigenvalue weighted by Gasteiger charge is 2.19. The summed E-state index contributed by atoms with van der Waals surface area (Å²) in [6, 6.07) is 5.85. The van der Waals surface area contributed by atoms with E-state index in [0.717, 1.165) is 40.9 Å². The molecule has 0 bridgehead atoms. The molecule has 0 aliphatic carbocycles. The molecule has 26 heavy (non-hydrogen) atoms. The molecule has 2 heterocycles. The van der Waals surface area contributed by atoms with Crippen molar-refractivity contribution in [1.29, 1.82) is 0 Å². The maximum Gasteiger partial charge on any atom is 0.274 e. The number of rotatable bonds is 8. The number of nitrogens with two attached hydrogens (primary N) is 1. The number of aromatic nitrogens is 3. The predicted octanol–water partition coefficient (Wildman–Crippen LogP) is 3.30. The van der Waals surface area contributed by atoms with Crippen molar-refractivity contribution in [2.45, 2.75) is 26.7 Å². The lowest BCUT2D eigenvalue weighted by atomic mass is 10.1. The fraction of sp³-hybridized carbons (Fsp3) is 0.474. The molecule has 0 unspecified atom stereocenters. The Kier molecular flexibility index (Phi) is 5.46. The second-order valence-electron chi connectivity index (χ2n) is 6.46. The molecule has 1 aromatic carbocycles. The van der Waals surface area contributed by atoms with Gasteiger partial charge < -0.3 is 24.3 Å². The molecule has 1 atom stereocenters. The van der Waals surface area contributed by atoms with Gasteiger partial charge in [-0.05, 0) is 38.1 Å². The van der Waals surface area contributed by atoms with E-state index in [-0.39, 0.29) is 0 Å².